The van der Waals surface area contributed by atoms with Crippen molar-refractivity contribution in [1.82, 2.24) is 14.8 Å². The Kier molecular flexibility index (Phi) is 2.91. The van der Waals surface area contributed by atoms with Crippen molar-refractivity contribution in [3.8, 4) is 23.0 Å². The van der Waals surface area contributed by atoms with E-state index in [1.54, 1.807) is 6.26 Å². The van der Waals surface area contributed by atoms with Crippen LogP contribution in [0.4, 0.5) is 0 Å². The number of fused-ring (bicyclic) bond motifs is 1. The van der Waals surface area contributed by atoms with Gasteiger partial charge in [-0.1, -0.05) is 12.1 Å². The molecule has 116 valence electrons. The topological polar surface area (TPSA) is 57.0 Å². The van der Waals surface area contributed by atoms with Gasteiger partial charge >= 0.3 is 0 Å². The molecule has 0 aliphatic heterocycles. The van der Waals surface area contributed by atoms with Gasteiger partial charge in [-0.3, -0.25) is 4.68 Å². The van der Waals surface area contributed by atoms with Crippen molar-refractivity contribution < 1.29 is 8.83 Å². The summed E-state index contributed by atoms with van der Waals surface area (Å²) in [4.78, 5) is 4.53. The molecule has 0 spiro atoms. The summed E-state index contributed by atoms with van der Waals surface area (Å²) in [5, 5.41) is 4.70. The maximum absolute atomic E-state index is 5.83. The molecule has 3 heterocycles. The van der Waals surface area contributed by atoms with Crippen LogP contribution in [0.25, 0.3) is 34.1 Å². The fraction of sp³-hybridized carbons (Fsp3) is 0.222. The number of benzene rings is 1. The highest BCUT2D eigenvalue weighted by Crippen LogP contribution is 2.31. The second kappa shape index (κ2) is 4.84. The normalized spacial score (nSPS) is 12.1. The van der Waals surface area contributed by atoms with Crippen molar-refractivity contribution in [2.75, 3.05) is 0 Å². The lowest BCUT2D eigenvalue weighted by Gasteiger charge is -2.21. The van der Waals surface area contributed by atoms with E-state index in [1.807, 2.05) is 47.1 Å². The Morgan fingerprint density at radius 3 is 2.57 bits per heavy atom. The minimum atomic E-state index is -0.188. The monoisotopic (exact) mass is 307 g/mol. The lowest BCUT2D eigenvalue weighted by atomic mass is 10.1. The predicted molar refractivity (Wildman–Crippen MR) is 87.9 cm³/mol. The van der Waals surface area contributed by atoms with Gasteiger partial charge in [-0.2, -0.15) is 5.10 Å². The Morgan fingerprint density at radius 1 is 1.04 bits per heavy atom. The van der Waals surface area contributed by atoms with Crippen LogP contribution in [0.3, 0.4) is 0 Å². The van der Waals surface area contributed by atoms with Gasteiger partial charge in [0, 0.05) is 6.07 Å². The molecule has 23 heavy (non-hydrogen) atoms. The molecule has 0 aliphatic carbocycles. The molecule has 0 saturated heterocycles. The third-order valence-electron chi connectivity index (χ3n) is 3.63. The number of oxazole rings is 1. The predicted octanol–water partition coefficient (Wildman–Crippen LogP) is 4.71. The van der Waals surface area contributed by atoms with Gasteiger partial charge in [0.25, 0.3) is 0 Å². The molecular formula is C18H17N3O2. The summed E-state index contributed by atoms with van der Waals surface area (Å²) in [6.07, 6.45) is 1.66. The third-order valence-corrected chi connectivity index (χ3v) is 3.63. The van der Waals surface area contributed by atoms with E-state index in [4.69, 9.17) is 13.9 Å². The first-order chi connectivity index (χ1) is 11.0. The van der Waals surface area contributed by atoms with Gasteiger partial charge in [0.2, 0.25) is 5.89 Å². The fourth-order valence-electron chi connectivity index (χ4n) is 2.58. The van der Waals surface area contributed by atoms with Crippen molar-refractivity contribution in [3.63, 3.8) is 0 Å². The van der Waals surface area contributed by atoms with Crippen molar-refractivity contribution in [2.24, 2.45) is 0 Å². The zero-order valence-corrected chi connectivity index (χ0v) is 13.3. The summed E-state index contributed by atoms with van der Waals surface area (Å²) < 4.78 is 13.3. The number of rotatable bonds is 2. The SMILES string of the molecule is CC(C)(C)n1nc(-c2nc3ccccc3o2)cc1-c1ccco1. The third kappa shape index (κ3) is 2.34. The molecule has 0 radical (unpaired) electrons. The van der Waals surface area contributed by atoms with Gasteiger partial charge in [-0.25, -0.2) is 4.98 Å². The van der Waals surface area contributed by atoms with E-state index in [0.717, 1.165) is 22.6 Å². The molecule has 0 N–H and O–H groups in total. The highest BCUT2D eigenvalue weighted by molar-refractivity contribution is 5.76. The second-order valence-corrected chi connectivity index (χ2v) is 6.46. The number of hydrogen-bond donors (Lipinski definition) is 0. The first-order valence-electron chi connectivity index (χ1n) is 7.53. The summed E-state index contributed by atoms with van der Waals surface area (Å²) in [6.45, 7) is 6.30. The van der Waals surface area contributed by atoms with E-state index in [-0.39, 0.29) is 5.54 Å². The summed E-state index contributed by atoms with van der Waals surface area (Å²) in [5.41, 5.74) is 2.99. The van der Waals surface area contributed by atoms with E-state index in [1.165, 1.54) is 0 Å². The molecule has 5 heteroatoms. The van der Waals surface area contributed by atoms with Gasteiger partial charge in [0.1, 0.15) is 16.9 Å². The number of furan rings is 1. The first kappa shape index (κ1) is 13.8. The second-order valence-electron chi connectivity index (χ2n) is 6.46. The van der Waals surface area contributed by atoms with Crippen LogP contribution in [0, 0.1) is 0 Å². The molecule has 0 bridgehead atoms. The van der Waals surface area contributed by atoms with E-state index in [0.29, 0.717) is 11.6 Å². The molecule has 4 aromatic rings. The van der Waals surface area contributed by atoms with Crippen LogP contribution in [0.15, 0.2) is 57.6 Å². The van der Waals surface area contributed by atoms with Crippen LogP contribution in [-0.2, 0) is 5.54 Å². The molecule has 4 rings (SSSR count). The molecular weight excluding hydrogens is 290 g/mol. The smallest absolute Gasteiger partial charge is 0.248 e. The average molecular weight is 307 g/mol. The molecule has 0 fully saturated rings. The van der Waals surface area contributed by atoms with E-state index >= 15 is 0 Å². The average Bonchev–Trinajstić information content (AvgIpc) is 3.23. The lowest BCUT2D eigenvalue weighted by molar-refractivity contribution is 0.357. The zero-order chi connectivity index (χ0) is 16.0. The van der Waals surface area contributed by atoms with E-state index < -0.39 is 0 Å². The summed E-state index contributed by atoms with van der Waals surface area (Å²) in [5.74, 6) is 1.29. The van der Waals surface area contributed by atoms with E-state index in [9.17, 15) is 0 Å². The highest BCUT2D eigenvalue weighted by atomic mass is 16.3. The number of aromatic nitrogens is 3. The Labute approximate surface area is 133 Å². The van der Waals surface area contributed by atoms with Crippen LogP contribution >= 0.6 is 0 Å². The Hall–Kier alpha value is -2.82. The summed E-state index contributed by atoms with van der Waals surface area (Å²) in [7, 11) is 0. The van der Waals surface area contributed by atoms with Crippen molar-refractivity contribution in [3.05, 3.63) is 48.7 Å². The van der Waals surface area contributed by atoms with Crippen molar-refractivity contribution in [1.29, 1.82) is 0 Å². The van der Waals surface area contributed by atoms with Gasteiger partial charge in [0.15, 0.2) is 11.3 Å². The van der Waals surface area contributed by atoms with E-state index in [2.05, 4.69) is 25.8 Å². The van der Waals surface area contributed by atoms with Crippen LogP contribution in [0.1, 0.15) is 20.8 Å². The first-order valence-corrected chi connectivity index (χ1v) is 7.53. The highest BCUT2D eigenvalue weighted by Gasteiger charge is 2.24. The van der Waals surface area contributed by atoms with Gasteiger partial charge in [-0.15, -0.1) is 0 Å². The molecule has 1 aromatic carbocycles. The standard InChI is InChI=1S/C18H17N3O2/c1-18(2,3)21-14(16-9-6-10-22-16)11-13(20-21)17-19-12-7-4-5-8-15(12)23-17/h4-11H,1-3H3. The largest absolute Gasteiger partial charge is 0.463 e. The lowest BCUT2D eigenvalue weighted by Crippen LogP contribution is -2.24. The molecule has 0 unspecified atom stereocenters. The Balaban J connectivity index is 1.89. The maximum Gasteiger partial charge on any atom is 0.248 e. The summed E-state index contributed by atoms with van der Waals surface area (Å²) >= 11 is 0. The van der Waals surface area contributed by atoms with Crippen LogP contribution in [-0.4, -0.2) is 14.8 Å². The van der Waals surface area contributed by atoms with Crippen LogP contribution < -0.4 is 0 Å². The van der Waals surface area contributed by atoms with Crippen molar-refractivity contribution in [2.45, 2.75) is 26.3 Å². The minimum absolute atomic E-state index is 0.188. The molecule has 0 amide bonds. The molecule has 0 aliphatic rings. The number of para-hydroxylation sites is 2. The molecule has 5 nitrogen and oxygen atoms in total. The van der Waals surface area contributed by atoms with Gasteiger partial charge in [0.05, 0.1) is 11.8 Å². The van der Waals surface area contributed by atoms with Gasteiger partial charge in [-0.05, 0) is 45.0 Å². The number of hydrogen-bond acceptors (Lipinski definition) is 4. The fourth-order valence-corrected chi connectivity index (χ4v) is 2.58. The Morgan fingerprint density at radius 2 is 1.87 bits per heavy atom. The Bertz CT molecular complexity index is 923. The molecule has 0 atom stereocenters. The zero-order valence-electron chi connectivity index (χ0n) is 13.3. The van der Waals surface area contributed by atoms with Crippen LogP contribution in [0.5, 0.6) is 0 Å². The quantitative estimate of drug-likeness (QED) is 0.538. The minimum Gasteiger partial charge on any atom is -0.463 e. The van der Waals surface area contributed by atoms with Crippen molar-refractivity contribution >= 4 is 11.1 Å². The summed E-state index contributed by atoms with van der Waals surface area (Å²) in [6, 6.07) is 13.4. The van der Waals surface area contributed by atoms with Crippen LogP contribution in [0.2, 0.25) is 0 Å². The maximum atomic E-state index is 5.83. The molecule has 3 aromatic heterocycles. The number of nitrogens with zero attached hydrogens (tertiary/aromatic N) is 3. The molecule has 0 saturated carbocycles. The van der Waals surface area contributed by atoms with Gasteiger partial charge < -0.3 is 8.83 Å².